The molecule has 0 radical (unpaired) electrons. The summed E-state index contributed by atoms with van der Waals surface area (Å²) in [7, 11) is 0. The van der Waals surface area contributed by atoms with Crippen LogP contribution in [0.5, 0.6) is 0 Å². The molecule has 0 bridgehead atoms. The van der Waals surface area contributed by atoms with Crippen LogP contribution in [0, 0.1) is 35.5 Å². The molecule has 0 aromatic carbocycles. The molecule has 7 unspecified atom stereocenters. The summed E-state index contributed by atoms with van der Waals surface area (Å²) < 4.78 is 11.1. The van der Waals surface area contributed by atoms with Crippen LogP contribution in [0.3, 0.4) is 0 Å². The largest absolute Gasteiger partial charge is 0.508 e. The van der Waals surface area contributed by atoms with E-state index in [0.29, 0.717) is 6.61 Å². The van der Waals surface area contributed by atoms with Crippen molar-refractivity contribution in [2.45, 2.75) is 83.2 Å². The number of likely N-dealkylation sites (tertiary alicyclic amines) is 1. The Kier molecular flexibility index (Phi) is 5.86. The fraction of sp³-hybridized carbons (Fsp3) is 0.958. The summed E-state index contributed by atoms with van der Waals surface area (Å²) in [5, 5.41) is 0. The van der Waals surface area contributed by atoms with Crippen molar-refractivity contribution >= 4 is 6.16 Å². The van der Waals surface area contributed by atoms with Crippen LogP contribution in [-0.2, 0) is 9.47 Å². The molecule has 7 atom stereocenters. The molecular formula is C24H39NO3. The highest BCUT2D eigenvalue weighted by molar-refractivity contribution is 5.60. The first-order valence-electron chi connectivity index (χ1n) is 12.3. The zero-order valence-electron chi connectivity index (χ0n) is 17.5. The van der Waals surface area contributed by atoms with Crippen LogP contribution in [0.25, 0.3) is 0 Å². The maximum Gasteiger partial charge on any atom is 0.508 e. The van der Waals surface area contributed by atoms with Gasteiger partial charge in [0.25, 0.3) is 0 Å². The predicted molar refractivity (Wildman–Crippen MR) is 109 cm³/mol. The van der Waals surface area contributed by atoms with Gasteiger partial charge in [-0.3, -0.25) is 4.90 Å². The van der Waals surface area contributed by atoms with E-state index in [1.165, 1.54) is 64.2 Å². The van der Waals surface area contributed by atoms with Crippen LogP contribution in [0.1, 0.15) is 77.0 Å². The van der Waals surface area contributed by atoms with Crippen molar-refractivity contribution in [2.75, 3.05) is 26.2 Å². The number of fused-ring (bicyclic) bond motifs is 5. The van der Waals surface area contributed by atoms with Crippen LogP contribution in [0.4, 0.5) is 4.79 Å². The molecule has 158 valence electrons. The molecule has 1 aliphatic heterocycles. The fourth-order valence-electron chi connectivity index (χ4n) is 7.97. The quantitative estimate of drug-likeness (QED) is 0.615. The topological polar surface area (TPSA) is 38.8 Å². The molecule has 4 aliphatic carbocycles. The molecule has 28 heavy (non-hydrogen) atoms. The molecule has 5 rings (SSSR count). The molecule has 5 aliphatic rings. The molecule has 1 heterocycles. The van der Waals surface area contributed by atoms with Crippen molar-refractivity contribution in [3.63, 3.8) is 0 Å². The smallest absolute Gasteiger partial charge is 0.433 e. The van der Waals surface area contributed by atoms with E-state index in [1.54, 1.807) is 0 Å². The molecule has 4 nitrogen and oxygen atoms in total. The van der Waals surface area contributed by atoms with Crippen LogP contribution < -0.4 is 0 Å². The lowest BCUT2D eigenvalue weighted by molar-refractivity contribution is -0.0599. The van der Waals surface area contributed by atoms with Gasteiger partial charge < -0.3 is 9.47 Å². The second-order valence-electron chi connectivity index (χ2n) is 10.5. The van der Waals surface area contributed by atoms with Crippen LogP contribution in [0.2, 0.25) is 0 Å². The standard InChI is InChI=1S/C24H39NO3/c26-24(27-15-14-25-12-1-2-13-25)28-19-8-11-21-18(16-19)7-10-22-20-5-3-4-17(20)6-9-23(21)22/h17-23H,1-16H2. The minimum Gasteiger partial charge on any atom is -0.433 e. The van der Waals surface area contributed by atoms with E-state index in [4.69, 9.17) is 9.47 Å². The number of rotatable bonds is 4. The minimum atomic E-state index is -0.428. The van der Waals surface area contributed by atoms with Crippen molar-refractivity contribution in [1.29, 1.82) is 0 Å². The summed E-state index contributed by atoms with van der Waals surface area (Å²) in [6, 6.07) is 0. The van der Waals surface area contributed by atoms with Crippen molar-refractivity contribution in [1.82, 2.24) is 4.90 Å². The highest BCUT2D eigenvalue weighted by Crippen LogP contribution is 2.57. The Morgan fingerprint density at radius 3 is 2.29 bits per heavy atom. The Morgan fingerprint density at radius 1 is 0.750 bits per heavy atom. The molecule has 4 heteroatoms. The molecule has 5 fully saturated rings. The first-order chi connectivity index (χ1) is 13.8. The van der Waals surface area contributed by atoms with Crippen molar-refractivity contribution in [3.05, 3.63) is 0 Å². The number of hydrogen-bond donors (Lipinski definition) is 0. The normalized spacial score (nSPS) is 43.1. The second kappa shape index (κ2) is 8.53. The van der Waals surface area contributed by atoms with E-state index in [2.05, 4.69) is 4.90 Å². The SMILES string of the molecule is O=C(OCCN1CCCC1)OC1CCC2C(CCC3C4CCCC4CCC23)C1. The van der Waals surface area contributed by atoms with E-state index in [0.717, 1.165) is 68.0 Å². The maximum absolute atomic E-state index is 12.1. The number of carbonyl (C=O) groups excluding carboxylic acids is 1. The maximum atomic E-state index is 12.1. The van der Waals surface area contributed by atoms with Gasteiger partial charge in [0, 0.05) is 6.54 Å². The molecule has 0 amide bonds. The summed E-state index contributed by atoms with van der Waals surface area (Å²) in [5.74, 6) is 5.82. The molecule has 4 saturated carbocycles. The molecule has 0 aromatic rings. The number of nitrogens with zero attached hydrogens (tertiary/aromatic N) is 1. The first-order valence-corrected chi connectivity index (χ1v) is 12.3. The van der Waals surface area contributed by atoms with E-state index in [9.17, 15) is 4.79 Å². The van der Waals surface area contributed by atoms with Gasteiger partial charge in [-0.25, -0.2) is 4.79 Å². The van der Waals surface area contributed by atoms with Gasteiger partial charge in [-0.2, -0.15) is 0 Å². The average Bonchev–Trinajstić information content (AvgIpc) is 3.39. The van der Waals surface area contributed by atoms with Crippen molar-refractivity contribution in [2.24, 2.45) is 35.5 Å². The van der Waals surface area contributed by atoms with E-state index >= 15 is 0 Å². The number of hydrogen-bond acceptors (Lipinski definition) is 4. The summed E-state index contributed by atoms with van der Waals surface area (Å²) in [5.41, 5.74) is 0. The van der Waals surface area contributed by atoms with Gasteiger partial charge in [-0.05, 0) is 113 Å². The number of carbonyl (C=O) groups is 1. The fourth-order valence-corrected chi connectivity index (χ4v) is 7.97. The van der Waals surface area contributed by atoms with Gasteiger partial charge in [0.05, 0.1) is 0 Å². The predicted octanol–water partition coefficient (Wildman–Crippen LogP) is 5.26. The summed E-state index contributed by atoms with van der Waals surface area (Å²) in [6.45, 7) is 3.63. The summed E-state index contributed by atoms with van der Waals surface area (Å²) >= 11 is 0. The monoisotopic (exact) mass is 389 g/mol. The van der Waals surface area contributed by atoms with Crippen LogP contribution in [-0.4, -0.2) is 43.4 Å². The summed E-state index contributed by atoms with van der Waals surface area (Å²) in [4.78, 5) is 14.5. The van der Waals surface area contributed by atoms with Gasteiger partial charge in [0.15, 0.2) is 0 Å². The Balaban J connectivity index is 1.08. The molecule has 0 spiro atoms. The van der Waals surface area contributed by atoms with Gasteiger partial charge in [-0.15, -0.1) is 0 Å². The average molecular weight is 390 g/mol. The Bertz CT molecular complexity index is 546. The lowest BCUT2D eigenvalue weighted by Gasteiger charge is -2.52. The van der Waals surface area contributed by atoms with Crippen molar-refractivity contribution < 1.29 is 14.3 Å². The first kappa shape index (κ1) is 19.2. The molecule has 0 N–H and O–H groups in total. The Morgan fingerprint density at radius 2 is 1.46 bits per heavy atom. The van der Waals surface area contributed by atoms with Gasteiger partial charge >= 0.3 is 6.16 Å². The molecule has 1 saturated heterocycles. The highest BCUT2D eigenvalue weighted by Gasteiger charge is 2.49. The van der Waals surface area contributed by atoms with E-state index in [-0.39, 0.29) is 6.10 Å². The van der Waals surface area contributed by atoms with Gasteiger partial charge in [0.1, 0.15) is 12.7 Å². The zero-order valence-corrected chi connectivity index (χ0v) is 17.5. The summed E-state index contributed by atoms with van der Waals surface area (Å²) in [6.07, 6.45) is 15.9. The van der Waals surface area contributed by atoms with E-state index in [1.807, 2.05) is 0 Å². The third kappa shape index (κ3) is 3.95. The van der Waals surface area contributed by atoms with Gasteiger partial charge in [0.2, 0.25) is 0 Å². The Labute approximate surface area is 170 Å². The lowest BCUT2D eigenvalue weighted by atomic mass is 9.53. The molecular weight excluding hydrogens is 350 g/mol. The minimum absolute atomic E-state index is 0.0971. The van der Waals surface area contributed by atoms with Crippen LogP contribution in [0.15, 0.2) is 0 Å². The molecule has 0 aromatic heterocycles. The zero-order chi connectivity index (χ0) is 18.9. The third-order valence-corrected chi connectivity index (χ3v) is 9.19. The lowest BCUT2D eigenvalue weighted by Crippen LogP contribution is -2.45. The second-order valence-corrected chi connectivity index (χ2v) is 10.5. The van der Waals surface area contributed by atoms with Gasteiger partial charge in [-0.1, -0.05) is 12.8 Å². The van der Waals surface area contributed by atoms with Crippen molar-refractivity contribution in [3.8, 4) is 0 Å². The third-order valence-electron chi connectivity index (χ3n) is 9.19. The highest BCUT2D eigenvalue weighted by atomic mass is 16.7. The van der Waals surface area contributed by atoms with E-state index < -0.39 is 6.16 Å². The van der Waals surface area contributed by atoms with Crippen LogP contribution >= 0.6 is 0 Å². The number of ether oxygens (including phenoxy) is 2. The Hall–Kier alpha value is -0.770.